The number of ether oxygens (including phenoxy) is 1. The van der Waals surface area contributed by atoms with E-state index in [0.29, 0.717) is 12.0 Å². The van der Waals surface area contributed by atoms with Crippen LogP contribution in [0, 0.1) is 0 Å². The third-order valence-electron chi connectivity index (χ3n) is 1.57. The number of hydrogen-bond acceptors (Lipinski definition) is 3. The van der Waals surface area contributed by atoms with Gasteiger partial charge in [0.2, 0.25) is 0 Å². The van der Waals surface area contributed by atoms with E-state index in [0.717, 1.165) is 0 Å². The molecule has 64 valence electrons. The predicted octanol–water partition coefficient (Wildman–Crippen LogP) is 0.657. The summed E-state index contributed by atoms with van der Waals surface area (Å²) in [5.74, 6) is -0.0507. The van der Waals surface area contributed by atoms with E-state index in [-0.39, 0.29) is 18.2 Å². The van der Waals surface area contributed by atoms with Gasteiger partial charge >= 0.3 is 0 Å². The van der Waals surface area contributed by atoms with Gasteiger partial charge in [-0.25, -0.2) is 0 Å². The lowest BCUT2D eigenvalue weighted by Crippen LogP contribution is -2.11. The molecule has 0 bridgehead atoms. The van der Waals surface area contributed by atoms with E-state index in [9.17, 15) is 9.59 Å². The van der Waals surface area contributed by atoms with E-state index in [1.165, 1.54) is 19.3 Å². The standard InChI is InChI=1S/C9H10O3/c1-12-6-9(11)7-2-4-8(10)5-3-7/h2-4H,5-6H2,1H3. The Morgan fingerprint density at radius 2 is 2.33 bits per heavy atom. The van der Waals surface area contributed by atoms with Crippen molar-refractivity contribution in [1.29, 1.82) is 0 Å². The van der Waals surface area contributed by atoms with Crippen molar-refractivity contribution in [2.45, 2.75) is 6.42 Å². The van der Waals surface area contributed by atoms with Gasteiger partial charge < -0.3 is 4.74 Å². The summed E-state index contributed by atoms with van der Waals surface area (Å²) >= 11 is 0. The van der Waals surface area contributed by atoms with Crippen LogP contribution in [0.5, 0.6) is 0 Å². The van der Waals surface area contributed by atoms with Gasteiger partial charge in [0.1, 0.15) is 6.61 Å². The molecule has 0 spiro atoms. The molecule has 0 unspecified atom stereocenters. The smallest absolute Gasteiger partial charge is 0.188 e. The third kappa shape index (κ3) is 2.13. The van der Waals surface area contributed by atoms with Gasteiger partial charge in [-0.2, -0.15) is 0 Å². The first-order chi connectivity index (χ1) is 5.74. The number of rotatable bonds is 3. The first kappa shape index (κ1) is 8.87. The second-order valence-electron chi connectivity index (χ2n) is 2.52. The average Bonchev–Trinajstić information content (AvgIpc) is 2.06. The Kier molecular flexibility index (Phi) is 2.94. The zero-order valence-electron chi connectivity index (χ0n) is 6.87. The number of hydrogen-bond donors (Lipinski definition) is 0. The predicted molar refractivity (Wildman–Crippen MR) is 43.7 cm³/mol. The lowest BCUT2D eigenvalue weighted by Gasteiger charge is -2.03. The van der Waals surface area contributed by atoms with Crippen LogP contribution in [0.4, 0.5) is 0 Å². The highest BCUT2D eigenvalue weighted by Crippen LogP contribution is 2.07. The summed E-state index contributed by atoms with van der Waals surface area (Å²) in [5.41, 5.74) is 0.566. The highest BCUT2D eigenvalue weighted by Gasteiger charge is 2.10. The minimum absolute atomic E-state index is 0.0315. The fourth-order valence-electron chi connectivity index (χ4n) is 0.951. The first-order valence-corrected chi connectivity index (χ1v) is 3.67. The van der Waals surface area contributed by atoms with Gasteiger partial charge in [0, 0.05) is 19.1 Å². The molecule has 0 atom stereocenters. The van der Waals surface area contributed by atoms with E-state index in [4.69, 9.17) is 0 Å². The van der Waals surface area contributed by atoms with Crippen LogP contribution in [0.1, 0.15) is 6.42 Å². The average molecular weight is 166 g/mol. The molecule has 0 amide bonds. The topological polar surface area (TPSA) is 43.4 Å². The van der Waals surface area contributed by atoms with Gasteiger partial charge in [-0.3, -0.25) is 9.59 Å². The minimum atomic E-state index is -0.0822. The van der Waals surface area contributed by atoms with Gasteiger partial charge in [0.05, 0.1) is 0 Å². The molecule has 0 N–H and O–H groups in total. The van der Waals surface area contributed by atoms with E-state index >= 15 is 0 Å². The molecule has 3 nitrogen and oxygen atoms in total. The van der Waals surface area contributed by atoms with Gasteiger partial charge in [0.15, 0.2) is 11.6 Å². The third-order valence-corrected chi connectivity index (χ3v) is 1.57. The van der Waals surface area contributed by atoms with Gasteiger partial charge in [-0.15, -0.1) is 0 Å². The van der Waals surface area contributed by atoms with Crippen LogP contribution in [0.25, 0.3) is 0 Å². The lowest BCUT2D eigenvalue weighted by molar-refractivity contribution is -0.118. The molecule has 0 aliphatic heterocycles. The Morgan fingerprint density at radius 3 is 2.83 bits per heavy atom. The van der Waals surface area contributed by atoms with E-state index in [1.807, 2.05) is 0 Å². The van der Waals surface area contributed by atoms with Crippen LogP contribution in [-0.4, -0.2) is 25.3 Å². The molecule has 12 heavy (non-hydrogen) atoms. The second kappa shape index (κ2) is 3.97. The van der Waals surface area contributed by atoms with Crippen molar-refractivity contribution in [1.82, 2.24) is 0 Å². The van der Waals surface area contributed by atoms with Crippen LogP contribution < -0.4 is 0 Å². The molecule has 0 saturated carbocycles. The molecule has 0 saturated heterocycles. The largest absolute Gasteiger partial charge is 0.377 e. The molecule has 0 heterocycles. The maximum atomic E-state index is 11.1. The van der Waals surface area contributed by atoms with Crippen molar-refractivity contribution in [3.05, 3.63) is 23.8 Å². The molecule has 1 aliphatic rings. The number of ketones is 2. The highest BCUT2D eigenvalue weighted by molar-refractivity contribution is 6.04. The summed E-state index contributed by atoms with van der Waals surface area (Å²) in [6.07, 6.45) is 4.90. The van der Waals surface area contributed by atoms with Crippen LogP contribution >= 0.6 is 0 Å². The fourth-order valence-corrected chi connectivity index (χ4v) is 0.951. The van der Waals surface area contributed by atoms with Crippen LogP contribution in [0.3, 0.4) is 0 Å². The Balaban J connectivity index is 2.60. The van der Waals surface area contributed by atoms with E-state index in [2.05, 4.69) is 4.74 Å². The zero-order valence-corrected chi connectivity index (χ0v) is 6.87. The number of Topliss-reactive ketones (excluding diaryl/α,β-unsaturated/α-hetero) is 1. The summed E-state index contributed by atoms with van der Waals surface area (Å²) in [6.45, 7) is 0.0738. The van der Waals surface area contributed by atoms with Crippen molar-refractivity contribution in [3.8, 4) is 0 Å². The lowest BCUT2D eigenvalue weighted by atomic mass is 10.0. The quantitative estimate of drug-likeness (QED) is 0.618. The van der Waals surface area contributed by atoms with Gasteiger partial charge in [-0.1, -0.05) is 6.08 Å². The van der Waals surface area contributed by atoms with Crippen molar-refractivity contribution in [2.24, 2.45) is 0 Å². The summed E-state index contributed by atoms with van der Waals surface area (Å²) < 4.78 is 4.67. The molecule has 0 aromatic heterocycles. The molecule has 0 aromatic carbocycles. The molecule has 0 radical (unpaired) electrons. The summed E-state index contributed by atoms with van der Waals surface area (Å²) in [6, 6.07) is 0. The Hall–Kier alpha value is -1.22. The second-order valence-corrected chi connectivity index (χ2v) is 2.52. The number of methoxy groups -OCH3 is 1. The Labute approximate surface area is 70.7 Å². The van der Waals surface area contributed by atoms with Crippen molar-refractivity contribution in [3.63, 3.8) is 0 Å². The molecule has 0 fully saturated rings. The number of allylic oxidation sites excluding steroid dienone is 3. The molecule has 3 heteroatoms. The Bertz CT molecular complexity index is 261. The summed E-state index contributed by atoms with van der Waals surface area (Å²) in [4.78, 5) is 21.9. The summed E-state index contributed by atoms with van der Waals surface area (Å²) in [5, 5.41) is 0. The maximum Gasteiger partial charge on any atom is 0.188 e. The monoisotopic (exact) mass is 166 g/mol. The molecular formula is C9H10O3. The molecule has 1 aliphatic carbocycles. The Morgan fingerprint density at radius 1 is 1.58 bits per heavy atom. The zero-order chi connectivity index (χ0) is 8.97. The van der Waals surface area contributed by atoms with Crippen molar-refractivity contribution < 1.29 is 14.3 Å². The highest BCUT2D eigenvalue weighted by atomic mass is 16.5. The van der Waals surface area contributed by atoms with E-state index < -0.39 is 0 Å². The number of carbonyl (C=O) groups excluding carboxylic acids is 2. The molecular weight excluding hydrogens is 156 g/mol. The van der Waals surface area contributed by atoms with Crippen molar-refractivity contribution >= 4 is 11.6 Å². The van der Waals surface area contributed by atoms with Crippen molar-refractivity contribution in [2.75, 3.05) is 13.7 Å². The summed E-state index contributed by atoms with van der Waals surface area (Å²) in [7, 11) is 1.47. The van der Waals surface area contributed by atoms with Gasteiger partial charge in [-0.05, 0) is 12.2 Å². The normalized spacial score (nSPS) is 16.1. The minimum Gasteiger partial charge on any atom is -0.377 e. The molecule has 0 aromatic rings. The first-order valence-electron chi connectivity index (χ1n) is 3.67. The van der Waals surface area contributed by atoms with Crippen LogP contribution in [-0.2, 0) is 14.3 Å². The number of carbonyl (C=O) groups is 2. The van der Waals surface area contributed by atoms with Crippen LogP contribution in [0.2, 0.25) is 0 Å². The maximum absolute atomic E-state index is 11.1. The SMILES string of the molecule is COCC(=O)C1=CCC(=O)C=C1. The molecule has 1 rings (SSSR count). The van der Waals surface area contributed by atoms with Crippen LogP contribution in [0.15, 0.2) is 23.8 Å². The fraction of sp³-hybridized carbons (Fsp3) is 0.333. The van der Waals surface area contributed by atoms with Gasteiger partial charge in [0.25, 0.3) is 0 Å². The van der Waals surface area contributed by atoms with E-state index in [1.54, 1.807) is 6.08 Å².